The number of carbonyl (C=O) groups excluding carboxylic acids is 1. The Morgan fingerprint density at radius 2 is 2.08 bits per heavy atom. The number of aliphatic imine (C=N–C) groups is 1. The quantitative estimate of drug-likeness (QED) is 0.341. The second-order valence-electron chi connectivity index (χ2n) is 6.40. The van der Waals surface area contributed by atoms with E-state index in [0.717, 1.165) is 19.6 Å². The summed E-state index contributed by atoms with van der Waals surface area (Å²) in [6, 6.07) is 11.0. The summed E-state index contributed by atoms with van der Waals surface area (Å²) in [7, 11) is 3.33. The van der Waals surface area contributed by atoms with Gasteiger partial charge in [-0.15, -0.1) is 0 Å². The summed E-state index contributed by atoms with van der Waals surface area (Å²) in [4.78, 5) is 18.4. The normalized spacial score (nSPS) is 17.9. The van der Waals surface area contributed by atoms with Gasteiger partial charge in [-0.25, -0.2) is 0 Å². The van der Waals surface area contributed by atoms with Crippen LogP contribution in [-0.4, -0.2) is 69.8 Å². The lowest BCUT2D eigenvalue weighted by molar-refractivity contribution is -0.120. The van der Waals surface area contributed by atoms with E-state index in [-0.39, 0.29) is 12.5 Å². The zero-order chi connectivity index (χ0) is 18.6. The molecule has 1 heterocycles. The van der Waals surface area contributed by atoms with Gasteiger partial charge in [0.05, 0.1) is 13.2 Å². The minimum Gasteiger partial charge on any atom is -0.383 e. The summed E-state index contributed by atoms with van der Waals surface area (Å²) in [6.07, 6.45) is 2.39. The van der Waals surface area contributed by atoms with E-state index in [0.29, 0.717) is 25.2 Å². The van der Waals surface area contributed by atoms with Crippen LogP contribution < -0.4 is 16.0 Å². The third-order valence-corrected chi connectivity index (χ3v) is 4.50. The maximum absolute atomic E-state index is 11.7. The molecule has 0 radical (unpaired) electrons. The molecule has 1 unspecified atom stereocenters. The molecule has 2 rings (SSSR count). The number of amides is 1. The van der Waals surface area contributed by atoms with Crippen molar-refractivity contribution in [2.45, 2.75) is 25.4 Å². The van der Waals surface area contributed by atoms with E-state index < -0.39 is 0 Å². The van der Waals surface area contributed by atoms with Gasteiger partial charge in [-0.05, 0) is 24.9 Å². The van der Waals surface area contributed by atoms with Crippen molar-refractivity contribution >= 4 is 11.9 Å². The molecule has 0 saturated carbocycles. The van der Waals surface area contributed by atoms with Gasteiger partial charge in [-0.3, -0.25) is 14.7 Å². The van der Waals surface area contributed by atoms with Gasteiger partial charge in [-0.2, -0.15) is 0 Å². The maximum atomic E-state index is 11.7. The van der Waals surface area contributed by atoms with Crippen LogP contribution in [0.4, 0.5) is 0 Å². The van der Waals surface area contributed by atoms with Crippen molar-refractivity contribution in [3.63, 3.8) is 0 Å². The fourth-order valence-electron chi connectivity index (χ4n) is 3.11. The number of rotatable bonds is 9. The first-order valence-electron chi connectivity index (χ1n) is 9.21. The summed E-state index contributed by atoms with van der Waals surface area (Å²) in [5, 5.41) is 9.17. The smallest absolute Gasteiger partial charge is 0.239 e. The van der Waals surface area contributed by atoms with E-state index in [2.05, 4.69) is 50.1 Å². The standard InChI is InChI=1S/C19H31N5O2/c1-20-19(23-14-18(25)21-10-12-26-2)22-13-17-9-6-11-24(17)15-16-7-4-3-5-8-16/h3-5,7-8,17H,6,9-15H2,1-2H3,(H,21,25)(H2,20,22,23). The number of guanidine groups is 1. The van der Waals surface area contributed by atoms with Gasteiger partial charge in [0.25, 0.3) is 0 Å². The minimum absolute atomic E-state index is 0.0726. The van der Waals surface area contributed by atoms with E-state index in [9.17, 15) is 4.79 Å². The number of ether oxygens (including phenoxy) is 1. The third-order valence-electron chi connectivity index (χ3n) is 4.50. The van der Waals surface area contributed by atoms with Gasteiger partial charge in [0.2, 0.25) is 5.91 Å². The number of hydrogen-bond donors (Lipinski definition) is 3. The Hall–Kier alpha value is -2.12. The Labute approximate surface area is 156 Å². The molecule has 0 aliphatic carbocycles. The predicted octanol–water partition coefficient (Wildman–Crippen LogP) is 0.579. The van der Waals surface area contributed by atoms with E-state index in [1.54, 1.807) is 14.2 Å². The molecule has 3 N–H and O–H groups in total. The van der Waals surface area contributed by atoms with Gasteiger partial charge in [-0.1, -0.05) is 30.3 Å². The van der Waals surface area contributed by atoms with Crippen molar-refractivity contribution in [2.75, 3.05) is 46.9 Å². The van der Waals surface area contributed by atoms with Crippen LogP contribution in [0.5, 0.6) is 0 Å². The van der Waals surface area contributed by atoms with Crippen LogP contribution in [0.2, 0.25) is 0 Å². The Balaban J connectivity index is 1.72. The Bertz CT molecular complexity index is 564. The molecule has 1 amide bonds. The fourth-order valence-corrected chi connectivity index (χ4v) is 3.11. The van der Waals surface area contributed by atoms with Crippen LogP contribution in [0.1, 0.15) is 18.4 Å². The number of likely N-dealkylation sites (tertiary alicyclic amines) is 1. The summed E-state index contributed by atoms with van der Waals surface area (Å²) >= 11 is 0. The molecule has 1 aromatic carbocycles. The molecule has 7 nitrogen and oxygen atoms in total. The molecular formula is C19H31N5O2. The maximum Gasteiger partial charge on any atom is 0.239 e. The highest BCUT2D eigenvalue weighted by Gasteiger charge is 2.24. The number of nitrogens with zero attached hydrogens (tertiary/aromatic N) is 2. The van der Waals surface area contributed by atoms with E-state index in [4.69, 9.17) is 4.74 Å². The number of methoxy groups -OCH3 is 1. The van der Waals surface area contributed by atoms with E-state index in [1.165, 1.54) is 18.4 Å². The highest BCUT2D eigenvalue weighted by molar-refractivity contribution is 5.86. The first-order valence-corrected chi connectivity index (χ1v) is 9.21. The minimum atomic E-state index is -0.0726. The van der Waals surface area contributed by atoms with Crippen molar-refractivity contribution in [2.24, 2.45) is 4.99 Å². The molecule has 0 spiro atoms. The summed E-state index contributed by atoms with van der Waals surface area (Å²) in [6.45, 7) is 4.13. The van der Waals surface area contributed by atoms with Crippen LogP contribution in [-0.2, 0) is 16.1 Å². The van der Waals surface area contributed by atoms with E-state index in [1.807, 2.05) is 6.07 Å². The van der Waals surface area contributed by atoms with Crippen LogP contribution in [0.25, 0.3) is 0 Å². The molecule has 1 saturated heterocycles. The first-order chi connectivity index (χ1) is 12.7. The predicted molar refractivity (Wildman–Crippen MR) is 104 cm³/mol. The highest BCUT2D eigenvalue weighted by Crippen LogP contribution is 2.19. The lowest BCUT2D eigenvalue weighted by Gasteiger charge is -2.25. The highest BCUT2D eigenvalue weighted by atomic mass is 16.5. The first kappa shape index (κ1) is 20.2. The monoisotopic (exact) mass is 361 g/mol. The summed E-state index contributed by atoms with van der Waals surface area (Å²) in [5.74, 6) is 0.579. The third kappa shape index (κ3) is 7.01. The largest absolute Gasteiger partial charge is 0.383 e. The topological polar surface area (TPSA) is 78.0 Å². The molecule has 144 valence electrons. The van der Waals surface area contributed by atoms with Crippen molar-refractivity contribution in [3.8, 4) is 0 Å². The average molecular weight is 361 g/mol. The van der Waals surface area contributed by atoms with Crippen molar-refractivity contribution in [3.05, 3.63) is 35.9 Å². The van der Waals surface area contributed by atoms with Crippen molar-refractivity contribution in [1.82, 2.24) is 20.9 Å². The van der Waals surface area contributed by atoms with Crippen LogP contribution >= 0.6 is 0 Å². The molecule has 1 aliphatic rings. The van der Waals surface area contributed by atoms with Gasteiger partial charge in [0.1, 0.15) is 0 Å². The van der Waals surface area contributed by atoms with Gasteiger partial charge < -0.3 is 20.7 Å². The molecule has 1 atom stereocenters. The number of hydrogen-bond acceptors (Lipinski definition) is 4. The molecule has 26 heavy (non-hydrogen) atoms. The summed E-state index contributed by atoms with van der Waals surface area (Å²) in [5.41, 5.74) is 1.34. The fraction of sp³-hybridized carbons (Fsp3) is 0.579. The Kier molecular flexibility index (Phi) is 8.92. The molecule has 0 aromatic heterocycles. The van der Waals surface area contributed by atoms with Crippen LogP contribution in [0, 0.1) is 0 Å². The molecule has 1 fully saturated rings. The number of benzene rings is 1. The zero-order valence-corrected chi connectivity index (χ0v) is 15.8. The Morgan fingerprint density at radius 1 is 1.27 bits per heavy atom. The van der Waals surface area contributed by atoms with Crippen LogP contribution in [0.15, 0.2) is 35.3 Å². The van der Waals surface area contributed by atoms with Gasteiger partial charge in [0.15, 0.2) is 5.96 Å². The molecule has 1 aromatic rings. The molecular weight excluding hydrogens is 330 g/mol. The Morgan fingerprint density at radius 3 is 2.81 bits per heavy atom. The second kappa shape index (κ2) is 11.5. The second-order valence-corrected chi connectivity index (χ2v) is 6.40. The van der Waals surface area contributed by atoms with Crippen LogP contribution in [0.3, 0.4) is 0 Å². The SMILES string of the molecule is CN=C(NCC(=O)NCCOC)NCC1CCCN1Cc1ccccc1. The molecule has 1 aliphatic heterocycles. The van der Waals surface area contributed by atoms with Gasteiger partial charge in [0, 0.05) is 39.8 Å². The lowest BCUT2D eigenvalue weighted by atomic mass is 10.2. The average Bonchev–Trinajstić information content (AvgIpc) is 3.10. The zero-order valence-electron chi connectivity index (χ0n) is 15.8. The number of nitrogens with one attached hydrogen (secondary N) is 3. The van der Waals surface area contributed by atoms with E-state index >= 15 is 0 Å². The van der Waals surface area contributed by atoms with Gasteiger partial charge >= 0.3 is 0 Å². The number of carbonyl (C=O) groups is 1. The molecule has 7 heteroatoms. The molecule has 0 bridgehead atoms. The van der Waals surface area contributed by atoms with Crippen molar-refractivity contribution < 1.29 is 9.53 Å². The summed E-state index contributed by atoms with van der Waals surface area (Å²) < 4.78 is 4.91. The lowest BCUT2D eigenvalue weighted by Crippen LogP contribution is -2.47. The van der Waals surface area contributed by atoms with Crippen molar-refractivity contribution in [1.29, 1.82) is 0 Å².